The van der Waals surface area contributed by atoms with Crippen molar-refractivity contribution < 1.29 is 4.42 Å². The van der Waals surface area contributed by atoms with Crippen molar-refractivity contribution >= 4 is 71.8 Å². The van der Waals surface area contributed by atoms with Crippen molar-refractivity contribution in [1.29, 1.82) is 0 Å². The van der Waals surface area contributed by atoms with Gasteiger partial charge in [-0.05, 0) is 69.1 Å². The van der Waals surface area contributed by atoms with Crippen LogP contribution in [0.25, 0.3) is 65.4 Å². The molecule has 1 atom stereocenters. The van der Waals surface area contributed by atoms with E-state index in [1.165, 1.54) is 86.3 Å². The van der Waals surface area contributed by atoms with Crippen LogP contribution >= 0.6 is 0 Å². The topological polar surface area (TPSA) is 37.5 Å². The van der Waals surface area contributed by atoms with Crippen molar-refractivity contribution in [2.24, 2.45) is 4.99 Å². The molecule has 1 aromatic heterocycles. The lowest BCUT2D eigenvalue weighted by Crippen LogP contribution is -2.15. The standard InChI is InChI=1S/C44H34N2O/c1-2-12-27(13-3-1)38-25-29-14-4-5-17-31(29)40-37-23-11-22-32(43(37)47-44(38)40)28-15-10-16-30(24-28)39-26-45-41-35-20-8-6-18-33(35)34-19-7-9-21-36(34)42(41)46-39/h4-11,14-27,39,46H,1-3,12-13H2. The van der Waals surface area contributed by atoms with Crippen molar-refractivity contribution in [1.82, 2.24) is 0 Å². The number of aliphatic imine (C=N–C) groups is 1. The summed E-state index contributed by atoms with van der Waals surface area (Å²) in [5.74, 6) is 0.552. The number of nitrogens with zero attached hydrogens (tertiary/aromatic N) is 1. The molecule has 0 amide bonds. The summed E-state index contributed by atoms with van der Waals surface area (Å²) in [6.45, 7) is 0. The maximum atomic E-state index is 7.01. The minimum atomic E-state index is -0.0521. The highest BCUT2D eigenvalue weighted by Crippen LogP contribution is 2.47. The smallest absolute Gasteiger partial charge is 0.143 e. The minimum absolute atomic E-state index is 0.0521. The first-order valence-electron chi connectivity index (χ1n) is 17.0. The first kappa shape index (κ1) is 26.8. The van der Waals surface area contributed by atoms with E-state index >= 15 is 0 Å². The third-order valence-electron chi connectivity index (χ3n) is 10.7. The van der Waals surface area contributed by atoms with Gasteiger partial charge in [0.2, 0.25) is 0 Å². The summed E-state index contributed by atoms with van der Waals surface area (Å²) in [6.07, 6.45) is 8.48. The van der Waals surface area contributed by atoms with Gasteiger partial charge in [0.1, 0.15) is 11.2 Å². The highest BCUT2D eigenvalue weighted by Gasteiger charge is 2.25. The molecule has 1 aliphatic heterocycles. The summed E-state index contributed by atoms with van der Waals surface area (Å²) in [5, 5.41) is 13.8. The van der Waals surface area contributed by atoms with Crippen molar-refractivity contribution in [2.75, 3.05) is 5.32 Å². The van der Waals surface area contributed by atoms with Crippen molar-refractivity contribution in [3.05, 3.63) is 132 Å². The van der Waals surface area contributed by atoms with Gasteiger partial charge in [-0.25, -0.2) is 0 Å². The SMILES string of the molecule is C1=Nc2c(c3ccccc3c3ccccc23)NC1c1cccc(-c2cccc3c2oc2c(C4CCCCC4)cc4ccccc4c23)c1. The lowest BCUT2D eigenvalue weighted by Gasteiger charge is -2.25. The zero-order valence-corrected chi connectivity index (χ0v) is 26.2. The molecule has 1 unspecified atom stereocenters. The number of nitrogens with one attached hydrogen (secondary N) is 1. The van der Waals surface area contributed by atoms with Crippen molar-refractivity contribution in [2.45, 2.75) is 44.1 Å². The fourth-order valence-electron chi connectivity index (χ4n) is 8.43. The number of anilines is 1. The summed E-state index contributed by atoms with van der Waals surface area (Å²) < 4.78 is 7.01. The summed E-state index contributed by atoms with van der Waals surface area (Å²) >= 11 is 0. The Morgan fingerprint density at radius 3 is 2.15 bits per heavy atom. The Morgan fingerprint density at radius 1 is 0.596 bits per heavy atom. The van der Waals surface area contributed by atoms with Crippen LogP contribution in [0.1, 0.15) is 55.2 Å². The molecule has 1 aliphatic carbocycles. The van der Waals surface area contributed by atoms with E-state index in [1.807, 2.05) is 0 Å². The fourth-order valence-corrected chi connectivity index (χ4v) is 8.43. The molecule has 0 radical (unpaired) electrons. The van der Waals surface area contributed by atoms with E-state index in [4.69, 9.17) is 9.41 Å². The number of fused-ring (bicyclic) bond motifs is 11. The van der Waals surface area contributed by atoms with E-state index < -0.39 is 0 Å². The van der Waals surface area contributed by atoms with E-state index in [0.717, 1.165) is 33.7 Å². The van der Waals surface area contributed by atoms with Gasteiger partial charge in [0.15, 0.2) is 0 Å². The van der Waals surface area contributed by atoms with Gasteiger partial charge in [0.05, 0.1) is 17.4 Å². The molecule has 3 nitrogen and oxygen atoms in total. The van der Waals surface area contributed by atoms with Gasteiger partial charge >= 0.3 is 0 Å². The first-order chi connectivity index (χ1) is 23.3. The molecular formula is C44H34N2O. The molecule has 0 bridgehead atoms. The summed E-state index contributed by atoms with van der Waals surface area (Å²) in [6, 6.07) is 43.9. The predicted octanol–water partition coefficient (Wildman–Crippen LogP) is 12.6. The second-order valence-corrected chi connectivity index (χ2v) is 13.4. The molecule has 0 saturated heterocycles. The molecule has 2 heterocycles. The summed E-state index contributed by atoms with van der Waals surface area (Å²) in [7, 11) is 0. The second-order valence-electron chi connectivity index (χ2n) is 13.4. The summed E-state index contributed by atoms with van der Waals surface area (Å²) in [5.41, 5.74) is 9.00. The third-order valence-corrected chi connectivity index (χ3v) is 10.7. The van der Waals surface area contributed by atoms with Crippen molar-refractivity contribution in [3.8, 4) is 11.1 Å². The Morgan fingerprint density at radius 2 is 1.30 bits per heavy atom. The molecule has 1 N–H and O–H groups in total. The Kier molecular flexibility index (Phi) is 6.02. The normalized spacial score (nSPS) is 16.7. The van der Waals surface area contributed by atoms with Crippen LogP contribution in [0.3, 0.4) is 0 Å². The molecule has 3 heteroatoms. The lowest BCUT2D eigenvalue weighted by molar-refractivity contribution is 0.442. The Balaban J connectivity index is 1.11. The number of hydrogen-bond acceptors (Lipinski definition) is 3. The van der Waals surface area contributed by atoms with E-state index in [0.29, 0.717) is 5.92 Å². The molecule has 1 saturated carbocycles. The molecule has 0 spiro atoms. The highest BCUT2D eigenvalue weighted by molar-refractivity contribution is 6.22. The molecular weight excluding hydrogens is 572 g/mol. The summed E-state index contributed by atoms with van der Waals surface area (Å²) in [4.78, 5) is 5.09. The van der Waals surface area contributed by atoms with Gasteiger partial charge in [-0.2, -0.15) is 0 Å². The van der Waals surface area contributed by atoms with Crippen LogP contribution in [-0.4, -0.2) is 6.21 Å². The van der Waals surface area contributed by atoms with Crippen LogP contribution in [0.5, 0.6) is 0 Å². The van der Waals surface area contributed by atoms with Crippen LogP contribution in [0.2, 0.25) is 0 Å². The number of para-hydroxylation sites is 1. The second kappa shape index (κ2) is 10.6. The maximum absolute atomic E-state index is 7.01. The van der Waals surface area contributed by atoms with Gasteiger partial charge in [-0.1, -0.05) is 128 Å². The molecule has 47 heavy (non-hydrogen) atoms. The van der Waals surface area contributed by atoms with Crippen LogP contribution < -0.4 is 5.32 Å². The number of hydrogen-bond donors (Lipinski definition) is 1. The van der Waals surface area contributed by atoms with Gasteiger partial charge in [-0.15, -0.1) is 0 Å². The minimum Gasteiger partial charge on any atom is -0.455 e. The zero-order chi connectivity index (χ0) is 30.9. The van der Waals surface area contributed by atoms with Gasteiger partial charge in [0, 0.05) is 33.3 Å². The number of rotatable bonds is 3. The molecule has 2 aliphatic rings. The largest absolute Gasteiger partial charge is 0.455 e. The van der Waals surface area contributed by atoms with E-state index in [1.54, 1.807) is 0 Å². The number of furan rings is 1. The quantitative estimate of drug-likeness (QED) is 0.203. The number of benzene rings is 7. The van der Waals surface area contributed by atoms with Crippen molar-refractivity contribution in [3.63, 3.8) is 0 Å². The lowest BCUT2D eigenvalue weighted by atomic mass is 9.82. The molecule has 1 fully saturated rings. The van der Waals surface area contributed by atoms with E-state index in [2.05, 4.69) is 133 Å². The highest BCUT2D eigenvalue weighted by atomic mass is 16.3. The zero-order valence-electron chi connectivity index (χ0n) is 26.2. The van der Waals surface area contributed by atoms with Crippen LogP contribution in [0, 0.1) is 0 Å². The monoisotopic (exact) mass is 606 g/mol. The Hall–Kier alpha value is -5.41. The van der Waals surface area contributed by atoms with Gasteiger partial charge < -0.3 is 9.73 Å². The fraction of sp³-hybridized carbons (Fsp3) is 0.159. The maximum Gasteiger partial charge on any atom is 0.143 e. The van der Waals surface area contributed by atoms with Gasteiger partial charge in [-0.3, -0.25) is 4.99 Å². The average Bonchev–Trinajstić information content (AvgIpc) is 3.55. The molecule has 226 valence electrons. The first-order valence-corrected chi connectivity index (χ1v) is 17.0. The third kappa shape index (κ3) is 4.16. The Bertz CT molecular complexity index is 2550. The molecule has 7 aromatic carbocycles. The van der Waals surface area contributed by atoms with Crippen LogP contribution in [0.4, 0.5) is 11.4 Å². The van der Waals surface area contributed by atoms with Gasteiger partial charge in [0.25, 0.3) is 0 Å². The molecule has 8 aromatic rings. The Labute approximate surface area is 273 Å². The molecule has 10 rings (SSSR count). The van der Waals surface area contributed by atoms with E-state index in [-0.39, 0.29) is 6.04 Å². The predicted molar refractivity (Wildman–Crippen MR) is 198 cm³/mol. The average molecular weight is 607 g/mol. The van der Waals surface area contributed by atoms with Crippen LogP contribution in [0.15, 0.2) is 131 Å². The van der Waals surface area contributed by atoms with E-state index in [9.17, 15) is 0 Å². The van der Waals surface area contributed by atoms with Crippen LogP contribution in [-0.2, 0) is 0 Å².